The zero-order valence-electron chi connectivity index (χ0n) is 13.0. The van der Waals surface area contributed by atoms with Gasteiger partial charge in [-0.3, -0.25) is 4.90 Å². The molecule has 1 unspecified atom stereocenters. The fourth-order valence-corrected chi connectivity index (χ4v) is 2.55. The van der Waals surface area contributed by atoms with E-state index in [1.807, 2.05) is 19.1 Å². The van der Waals surface area contributed by atoms with Gasteiger partial charge in [-0.2, -0.15) is 0 Å². The summed E-state index contributed by atoms with van der Waals surface area (Å²) < 4.78 is 10.8. The minimum absolute atomic E-state index is 0.159. The first kappa shape index (κ1) is 15.8. The van der Waals surface area contributed by atoms with Crippen molar-refractivity contribution in [2.24, 2.45) is 5.73 Å². The fraction of sp³-hybridized carbons (Fsp3) is 0.412. The van der Waals surface area contributed by atoms with Crippen LogP contribution in [-0.2, 0) is 17.9 Å². The second kappa shape index (κ2) is 7.41. The summed E-state index contributed by atoms with van der Waals surface area (Å²) >= 11 is 0. The first-order valence-corrected chi connectivity index (χ1v) is 7.17. The lowest BCUT2D eigenvalue weighted by atomic mass is 10.0. The van der Waals surface area contributed by atoms with Crippen molar-refractivity contribution in [2.75, 3.05) is 20.7 Å². The highest BCUT2D eigenvalue weighted by atomic mass is 16.5. The van der Waals surface area contributed by atoms with Gasteiger partial charge in [0.15, 0.2) is 0 Å². The number of aryl methyl sites for hydroxylation is 1. The van der Waals surface area contributed by atoms with Gasteiger partial charge in [-0.1, -0.05) is 24.3 Å². The molecule has 4 heteroatoms. The van der Waals surface area contributed by atoms with Crippen LogP contribution >= 0.6 is 0 Å². The van der Waals surface area contributed by atoms with E-state index in [0.29, 0.717) is 13.2 Å². The average Bonchev–Trinajstić information content (AvgIpc) is 2.86. The quantitative estimate of drug-likeness (QED) is 0.851. The van der Waals surface area contributed by atoms with Crippen LogP contribution in [0, 0.1) is 6.92 Å². The number of methoxy groups -OCH3 is 1. The molecule has 1 heterocycles. The van der Waals surface area contributed by atoms with Crippen LogP contribution in [0.1, 0.15) is 28.7 Å². The molecule has 4 nitrogen and oxygen atoms in total. The largest absolute Gasteiger partial charge is 0.465 e. The first-order valence-electron chi connectivity index (χ1n) is 7.17. The Morgan fingerprint density at radius 1 is 1.29 bits per heavy atom. The Balaban J connectivity index is 2.12. The van der Waals surface area contributed by atoms with Crippen LogP contribution in [0.25, 0.3) is 0 Å². The van der Waals surface area contributed by atoms with Crippen LogP contribution in [-0.4, -0.2) is 25.6 Å². The zero-order chi connectivity index (χ0) is 15.2. The highest BCUT2D eigenvalue weighted by Gasteiger charge is 2.17. The molecule has 114 valence electrons. The molecular formula is C17H24N2O2. The molecule has 0 amide bonds. The molecule has 0 bridgehead atoms. The van der Waals surface area contributed by atoms with Crippen molar-refractivity contribution in [2.45, 2.75) is 26.1 Å². The molecule has 2 aromatic rings. The molecule has 0 spiro atoms. The lowest BCUT2D eigenvalue weighted by molar-refractivity contribution is 0.184. The minimum atomic E-state index is 0.159. The second-order valence-electron chi connectivity index (χ2n) is 5.36. The highest BCUT2D eigenvalue weighted by molar-refractivity contribution is 5.26. The molecule has 2 N–H and O–H groups in total. The third-order valence-corrected chi connectivity index (χ3v) is 3.60. The van der Waals surface area contributed by atoms with Gasteiger partial charge in [0.05, 0.1) is 13.2 Å². The molecule has 0 radical (unpaired) electrons. The van der Waals surface area contributed by atoms with Crippen LogP contribution in [0.4, 0.5) is 0 Å². The molecule has 0 aliphatic rings. The number of nitrogens with two attached hydrogens (primary N) is 1. The van der Waals surface area contributed by atoms with Gasteiger partial charge in [0.2, 0.25) is 0 Å². The van der Waals surface area contributed by atoms with Gasteiger partial charge in [-0.15, -0.1) is 0 Å². The molecule has 1 aromatic heterocycles. The second-order valence-corrected chi connectivity index (χ2v) is 5.36. The Labute approximate surface area is 126 Å². The standard InChI is InChI=1S/C17H24N2O2/c1-13-7-8-16(21-13)11-19(2)17(10-18)15-6-4-5-14(9-15)12-20-3/h4-9,17H,10-12,18H2,1-3H3. The van der Waals surface area contributed by atoms with Crippen LogP contribution in [0.3, 0.4) is 0 Å². The van der Waals surface area contributed by atoms with Gasteiger partial charge < -0.3 is 14.9 Å². The zero-order valence-corrected chi connectivity index (χ0v) is 13.0. The topological polar surface area (TPSA) is 51.6 Å². The molecule has 0 saturated heterocycles. The number of nitrogens with zero attached hydrogens (tertiary/aromatic N) is 1. The van der Waals surface area contributed by atoms with Crippen molar-refractivity contribution in [1.29, 1.82) is 0 Å². The number of likely N-dealkylation sites (N-methyl/N-ethyl adjacent to an activating group) is 1. The summed E-state index contributed by atoms with van der Waals surface area (Å²) in [6.07, 6.45) is 0. The molecule has 0 fully saturated rings. The maximum atomic E-state index is 5.99. The van der Waals surface area contributed by atoms with Gasteiger partial charge in [0.25, 0.3) is 0 Å². The van der Waals surface area contributed by atoms with Gasteiger partial charge >= 0.3 is 0 Å². The van der Waals surface area contributed by atoms with Crippen LogP contribution in [0.2, 0.25) is 0 Å². The van der Waals surface area contributed by atoms with E-state index in [2.05, 4.69) is 36.2 Å². The highest BCUT2D eigenvalue weighted by Crippen LogP contribution is 2.22. The summed E-state index contributed by atoms with van der Waals surface area (Å²) in [6, 6.07) is 12.5. The lowest BCUT2D eigenvalue weighted by Crippen LogP contribution is -2.30. The Kier molecular flexibility index (Phi) is 5.56. The van der Waals surface area contributed by atoms with Gasteiger partial charge in [-0.25, -0.2) is 0 Å². The summed E-state index contributed by atoms with van der Waals surface area (Å²) in [6.45, 7) is 3.88. The Bertz CT molecular complexity index is 565. The van der Waals surface area contributed by atoms with E-state index in [4.69, 9.17) is 14.9 Å². The molecule has 0 aliphatic carbocycles. The van der Waals surface area contributed by atoms with Crippen molar-refractivity contribution in [3.05, 3.63) is 59.0 Å². The maximum absolute atomic E-state index is 5.99. The predicted octanol–water partition coefficient (Wildman–Crippen LogP) is 2.87. The van der Waals surface area contributed by atoms with E-state index in [-0.39, 0.29) is 6.04 Å². The summed E-state index contributed by atoms with van der Waals surface area (Å²) in [4.78, 5) is 2.21. The molecule has 0 aliphatic heterocycles. The fourth-order valence-electron chi connectivity index (χ4n) is 2.55. The number of hydrogen-bond acceptors (Lipinski definition) is 4. The number of furan rings is 1. The van der Waals surface area contributed by atoms with Gasteiger partial charge in [-0.05, 0) is 37.2 Å². The maximum Gasteiger partial charge on any atom is 0.118 e. The Morgan fingerprint density at radius 3 is 2.71 bits per heavy atom. The van der Waals surface area contributed by atoms with Gasteiger partial charge in [0, 0.05) is 19.7 Å². The predicted molar refractivity (Wildman–Crippen MR) is 83.9 cm³/mol. The van der Waals surface area contributed by atoms with Crippen molar-refractivity contribution < 1.29 is 9.15 Å². The normalized spacial score (nSPS) is 12.8. The Hall–Kier alpha value is -1.62. The van der Waals surface area contributed by atoms with Gasteiger partial charge in [0.1, 0.15) is 11.5 Å². The third kappa shape index (κ3) is 4.17. The monoisotopic (exact) mass is 288 g/mol. The molecule has 21 heavy (non-hydrogen) atoms. The summed E-state index contributed by atoms with van der Waals surface area (Å²) in [5.74, 6) is 1.89. The molecule has 1 aromatic carbocycles. The van der Waals surface area contributed by atoms with Crippen molar-refractivity contribution >= 4 is 0 Å². The van der Waals surface area contributed by atoms with Crippen molar-refractivity contribution in [1.82, 2.24) is 4.90 Å². The van der Waals surface area contributed by atoms with Crippen LogP contribution < -0.4 is 5.73 Å². The number of rotatable bonds is 7. The van der Waals surface area contributed by atoms with Crippen molar-refractivity contribution in [3.8, 4) is 0 Å². The molecule has 0 saturated carbocycles. The van der Waals surface area contributed by atoms with E-state index >= 15 is 0 Å². The smallest absolute Gasteiger partial charge is 0.118 e. The van der Waals surface area contributed by atoms with E-state index in [1.165, 1.54) is 5.56 Å². The molecule has 1 atom stereocenters. The SMILES string of the molecule is COCc1cccc(C(CN)N(C)Cc2ccc(C)o2)c1. The van der Waals surface area contributed by atoms with Crippen molar-refractivity contribution in [3.63, 3.8) is 0 Å². The van der Waals surface area contributed by atoms with E-state index in [0.717, 1.165) is 23.6 Å². The average molecular weight is 288 g/mol. The molecular weight excluding hydrogens is 264 g/mol. The van der Waals surface area contributed by atoms with E-state index < -0.39 is 0 Å². The third-order valence-electron chi connectivity index (χ3n) is 3.60. The van der Waals surface area contributed by atoms with E-state index in [1.54, 1.807) is 7.11 Å². The first-order chi connectivity index (χ1) is 10.1. The lowest BCUT2D eigenvalue weighted by Gasteiger charge is -2.27. The molecule has 2 rings (SSSR count). The minimum Gasteiger partial charge on any atom is -0.465 e. The van der Waals surface area contributed by atoms with E-state index in [9.17, 15) is 0 Å². The van der Waals surface area contributed by atoms with Crippen LogP contribution in [0.5, 0.6) is 0 Å². The number of hydrogen-bond donors (Lipinski definition) is 1. The number of ether oxygens (including phenoxy) is 1. The number of benzene rings is 1. The Morgan fingerprint density at radius 2 is 2.10 bits per heavy atom. The summed E-state index contributed by atoms with van der Waals surface area (Å²) in [5.41, 5.74) is 8.35. The summed E-state index contributed by atoms with van der Waals surface area (Å²) in [7, 11) is 3.77. The summed E-state index contributed by atoms with van der Waals surface area (Å²) in [5, 5.41) is 0. The van der Waals surface area contributed by atoms with Crippen LogP contribution in [0.15, 0.2) is 40.8 Å².